The van der Waals surface area contributed by atoms with E-state index < -0.39 is 0 Å². The van der Waals surface area contributed by atoms with Gasteiger partial charge in [-0.2, -0.15) is 0 Å². The summed E-state index contributed by atoms with van der Waals surface area (Å²) in [6, 6.07) is 2.79. The second kappa shape index (κ2) is 5.32. The van der Waals surface area contributed by atoms with E-state index in [4.69, 9.17) is 9.15 Å². The predicted molar refractivity (Wildman–Crippen MR) is 63.2 cm³/mol. The van der Waals surface area contributed by atoms with E-state index in [-0.39, 0.29) is 0 Å². The van der Waals surface area contributed by atoms with Crippen LogP contribution in [0.15, 0.2) is 23.1 Å². The maximum absolute atomic E-state index is 5.66. The van der Waals surface area contributed by atoms with Crippen LogP contribution in [-0.2, 0) is 17.9 Å². The van der Waals surface area contributed by atoms with E-state index in [1.54, 1.807) is 6.08 Å². The van der Waals surface area contributed by atoms with Gasteiger partial charge in [0.15, 0.2) is 0 Å². The summed E-state index contributed by atoms with van der Waals surface area (Å²) in [4.78, 5) is 0. The molecule has 1 aromatic rings. The fourth-order valence-corrected chi connectivity index (χ4v) is 1.60. The van der Waals surface area contributed by atoms with Crippen LogP contribution in [0.3, 0.4) is 0 Å². The Bertz CT molecular complexity index is 353. The van der Waals surface area contributed by atoms with Crippen molar-refractivity contribution in [1.82, 2.24) is 5.32 Å². The fraction of sp³-hybridized carbons (Fsp3) is 0.538. The van der Waals surface area contributed by atoms with Crippen molar-refractivity contribution >= 4 is 0 Å². The Morgan fingerprint density at radius 1 is 1.62 bits per heavy atom. The third-order valence-electron chi connectivity index (χ3n) is 2.71. The first-order valence-electron chi connectivity index (χ1n) is 5.80. The molecular weight excluding hydrogens is 202 g/mol. The van der Waals surface area contributed by atoms with Crippen LogP contribution in [0, 0.1) is 6.92 Å². The maximum Gasteiger partial charge on any atom is 0.118 e. The van der Waals surface area contributed by atoms with Crippen molar-refractivity contribution in [2.45, 2.75) is 39.0 Å². The van der Waals surface area contributed by atoms with E-state index in [9.17, 15) is 0 Å². The number of ether oxygens (including phenoxy) is 1. The van der Waals surface area contributed by atoms with Crippen LogP contribution in [0.5, 0.6) is 0 Å². The van der Waals surface area contributed by atoms with E-state index in [2.05, 4.69) is 18.0 Å². The molecule has 1 N–H and O–H groups in total. The molecule has 16 heavy (non-hydrogen) atoms. The lowest BCUT2D eigenvalue weighted by molar-refractivity contribution is 0.147. The molecule has 0 radical (unpaired) electrons. The van der Waals surface area contributed by atoms with Gasteiger partial charge in [0.1, 0.15) is 11.5 Å². The van der Waals surface area contributed by atoms with E-state index in [0.717, 1.165) is 23.6 Å². The van der Waals surface area contributed by atoms with Crippen LogP contribution in [0.1, 0.15) is 29.9 Å². The summed E-state index contributed by atoms with van der Waals surface area (Å²) in [6.45, 7) is 7.61. The Morgan fingerprint density at radius 3 is 3.12 bits per heavy atom. The van der Waals surface area contributed by atoms with Gasteiger partial charge in [0.25, 0.3) is 0 Å². The molecule has 1 fully saturated rings. The molecule has 0 bridgehead atoms. The van der Waals surface area contributed by atoms with Crippen LogP contribution in [0.25, 0.3) is 0 Å². The van der Waals surface area contributed by atoms with Gasteiger partial charge in [-0.3, -0.25) is 0 Å². The normalized spacial score (nSPS) is 15.3. The predicted octanol–water partition coefficient (Wildman–Crippen LogP) is 2.54. The minimum atomic E-state index is 0.584. The van der Waals surface area contributed by atoms with Crippen LogP contribution < -0.4 is 5.32 Å². The van der Waals surface area contributed by atoms with Gasteiger partial charge in [0.05, 0.1) is 19.8 Å². The molecule has 0 saturated heterocycles. The first-order chi connectivity index (χ1) is 7.79. The Morgan fingerprint density at radius 2 is 2.44 bits per heavy atom. The summed E-state index contributed by atoms with van der Waals surface area (Å²) < 4.78 is 11.1. The van der Waals surface area contributed by atoms with Crippen molar-refractivity contribution in [2.24, 2.45) is 0 Å². The second-order valence-corrected chi connectivity index (χ2v) is 4.25. The number of furan rings is 1. The van der Waals surface area contributed by atoms with Gasteiger partial charge < -0.3 is 14.5 Å². The highest BCUT2D eigenvalue weighted by Crippen LogP contribution is 2.21. The molecule has 0 amide bonds. The van der Waals surface area contributed by atoms with Crippen molar-refractivity contribution in [3.63, 3.8) is 0 Å². The Hall–Kier alpha value is -1.06. The Balaban J connectivity index is 1.83. The standard InChI is InChI=1S/C13H19NO2/c1-3-6-15-9-11-7-13(16-10(11)2)8-14-12-4-5-12/h3,7,12,14H,1,4-6,8-9H2,2H3. The molecule has 3 heteroatoms. The average Bonchev–Trinajstić information content (AvgIpc) is 3.02. The zero-order valence-corrected chi connectivity index (χ0v) is 9.79. The number of hydrogen-bond donors (Lipinski definition) is 1. The lowest BCUT2D eigenvalue weighted by Gasteiger charge is -1.97. The van der Waals surface area contributed by atoms with Gasteiger partial charge in [-0.25, -0.2) is 0 Å². The molecule has 1 aromatic heterocycles. The van der Waals surface area contributed by atoms with Crippen molar-refractivity contribution in [3.8, 4) is 0 Å². The Kier molecular flexibility index (Phi) is 3.80. The lowest BCUT2D eigenvalue weighted by Crippen LogP contribution is -2.14. The molecule has 1 heterocycles. The molecule has 0 atom stereocenters. The topological polar surface area (TPSA) is 34.4 Å². The number of rotatable bonds is 7. The second-order valence-electron chi connectivity index (χ2n) is 4.25. The van der Waals surface area contributed by atoms with Gasteiger partial charge in [0, 0.05) is 11.6 Å². The van der Waals surface area contributed by atoms with Crippen LogP contribution >= 0.6 is 0 Å². The van der Waals surface area contributed by atoms with Gasteiger partial charge in [-0.1, -0.05) is 6.08 Å². The molecule has 3 nitrogen and oxygen atoms in total. The van der Waals surface area contributed by atoms with Crippen molar-refractivity contribution in [3.05, 3.63) is 35.8 Å². The minimum absolute atomic E-state index is 0.584. The fourth-order valence-electron chi connectivity index (χ4n) is 1.60. The van der Waals surface area contributed by atoms with Crippen molar-refractivity contribution < 1.29 is 9.15 Å². The van der Waals surface area contributed by atoms with Crippen molar-refractivity contribution in [1.29, 1.82) is 0 Å². The largest absolute Gasteiger partial charge is 0.465 e. The van der Waals surface area contributed by atoms with E-state index in [1.807, 2.05) is 6.92 Å². The molecule has 0 aromatic carbocycles. The summed E-state index contributed by atoms with van der Waals surface area (Å²) >= 11 is 0. The summed E-state index contributed by atoms with van der Waals surface area (Å²) in [7, 11) is 0. The summed E-state index contributed by atoms with van der Waals surface area (Å²) in [5, 5.41) is 3.43. The van der Waals surface area contributed by atoms with Gasteiger partial charge >= 0.3 is 0 Å². The van der Waals surface area contributed by atoms with E-state index in [0.29, 0.717) is 19.3 Å². The number of hydrogen-bond acceptors (Lipinski definition) is 3. The third kappa shape index (κ3) is 3.22. The average molecular weight is 221 g/mol. The lowest BCUT2D eigenvalue weighted by atomic mass is 10.2. The van der Waals surface area contributed by atoms with Crippen LogP contribution in [0.4, 0.5) is 0 Å². The molecule has 0 aliphatic heterocycles. The van der Waals surface area contributed by atoms with Crippen LogP contribution in [0.2, 0.25) is 0 Å². The van der Waals surface area contributed by atoms with Crippen molar-refractivity contribution in [2.75, 3.05) is 6.61 Å². The van der Waals surface area contributed by atoms with E-state index in [1.165, 1.54) is 12.8 Å². The maximum atomic E-state index is 5.66. The SMILES string of the molecule is C=CCOCc1cc(CNC2CC2)oc1C. The Labute approximate surface area is 96.5 Å². The van der Waals surface area contributed by atoms with Crippen LogP contribution in [-0.4, -0.2) is 12.6 Å². The number of aryl methyl sites for hydroxylation is 1. The molecule has 1 aliphatic rings. The molecule has 0 spiro atoms. The van der Waals surface area contributed by atoms with Gasteiger partial charge in [-0.15, -0.1) is 6.58 Å². The van der Waals surface area contributed by atoms with E-state index >= 15 is 0 Å². The first-order valence-corrected chi connectivity index (χ1v) is 5.80. The zero-order valence-electron chi connectivity index (χ0n) is 9.79. The highest BCUT2D eigenvalue weighted by molar-refractivity contribution is 5.20. The quantitative estimate of drug-likeness (QED) is 0.567. The molecule has 1 saturated carbocycles. The molecular formula is C13H19NO2. The summed E-state index contributed by atoms with van der Waals surface area (Å²) in [6.07, 6.45) is 4.36. The third-order valence-corrected chi connectivity index (χ3v) is 2.71. The highest BCUT2D eigenvalue weighted by atomic mass is 16.5. The highest BCUT2D eigenvalue weighted by Gasteiger charge is 2.20. The molecule has 0 unspecified atom stereocenters. The minimum Gasteiger partial charge on any atom is -0.465 e. The van der Waals surface area contributed by atoms with Gasteiger partial charge in [0.2, 0.25) is 0 Å². The number of nitrogens with one attached hydrogen (secondary N) is 1. The first kappa shape index (κ1) is 11.4. The summed E-state index contributed by atoms with van der Waals surface area (Å²) in [5.41, 5.74) is 1.13. The van der Waals surface area contributed by atoms with Gasteiger partial charge in [-0.05, 0) is 25.8 Å². The smallest absolute Gasteiger partial charge is 0.118 e. The molecule has 88 valence electrons. The molecule has 2 rings (SSSR count). The zero-order chi connectivity index (χ0) is 11.4. The molecule has 1 aliphatic carbocycles. The summed E-state index contributed by atoms with van der Waals surface area (Å²) in [5.74, 6) is 1.96. The monoisotopic (exact) mass is 221 g/mol.